The summed E-state index contributed by atoms with van der Waals surface area (Å²) in [4.78, 5) is 12.8. The standard InChI is InChI=1S/C21H22O9/c22-8-14-17(26)18(27)19(28)21(30-14)16-11(24)6-10(23)15-12(25)7-13(29-20(15)16)9-4-2-1-3-5-9/h1-6,13-14,17-19,21-24,26-28H,7-8H2/t13-,14-,17-,18+,19-,21+/m1/s1. The molecule has 0 aromatic heterocycles. The molecule has 6 atom stereocenters. The Kier molecular flexibility index (Phi) is 5.39. The Labute approximate surface area is 171 Å². The fourth-order valence-electron chi connectivity index (χ4n) is 3.96. The maximum atomic E-state index is 12.8. The van der Waals surface area contributed by atoms with Crippen molar-refractivity contribution in [3.05, 3.63) is 53.1 Å². The van der Waals surface area contributed by atoms with Gasteiger partial charge in [-0.1, -0.05) is 30.3 Å². The van der Waals surface area contributed by atoms with Crippen molar-refractivity contribution >= 4 is 5.78 Å². The molecular weight excluding hydrogens is 396 g/mol. The van der Waals surface area contributed by atoms with E-state index in [0.29, 0.717) is 5.56 Å². The van der Waals surface area contributed by atoms with Gasteiger partial charge < -0.3 is 40.1 Å². The van der Waals surface area contributed by atoms with Crippen LogP contribution in [-0.4, -0.2) is 67.4 Å². The highest BCUT2D eigenvalue weighted by molar-refractivity contribution is 6.03. The first-order valence-electron chi connectivity index (χ1n) is 9.47. The average molecular weight is 418 g/mol. The summed E-state index contributed by atoms with van der Waals surface area (Å²) in [6.07, 6.45) is -8.39. The number of ether oxygens (including phenoxy) is 2. The Bertz CT molecular complexity index is 943. The van der Waals surface area contributed by atoms with Crippen LogP contribution in [0.1, 0.15) is 40.1 Å². The summed E-state index contributed by atoms with van der Waals surface area (Å²) in [7, 11) is 0. The zero-order chi connectivity index (χ0) is 21.6. The zero-order valence-electron chi connectivity index (χ0n) is 15.8. The van der Waals surface area contributed by atoms with E-state index < -0.39 is 60.5 Å². The molecule has 0 aliphatic carbocycles. The van der Waals surface area contributed by atoms with E-state index in [1.165, 1.54) is 0 Å². The molecule has 4 rings (SSSR count). The number of rotatable bonds is 3. The minimum Gasteiger partial charge on any atom is -0.507 e. The summed E-state index contributed by atoms with van der Waals surface area (Å²) in [5, 5.41) is 60.9. The van der Waals surface area contributed by atoms with Gasteiger partial charge in [-0.3, -0.25) is 4.79 Å². The third-order valence-corrected chi connectivity index (χ3v) is 5.54. The summed E-state index contributed by atoms with van der Waals surface area (Å²) in [5.74, 6) is -1.64. The van der Waals surface area contributed by atoms with E-state index in [1.807, 2.05) is 0 Å². The molecule has 0 spiro atoms. The maximum Gasteiger partial charge on any atom is 0.174 e. The molecule has 0 radical (unpaired) electrons. The number of Topliss-reactive ketones (excluding diaryl/α,β-unsaturated/α-hetero) is 1. The number of phenols is 2. The van der Waals surface area contributed by atoms with Gasteiger partial charge in [-0.2, -0.15) is 0 Å². The maximum absolute atomic E-state index is 12.8. The molecule has 0 amide bonds. The normalized spacial score (nSPS) is 31.1. The lowest BCUT2D eigenvalue weighted by atomic mass is 9.87. The van der Waals surface area contributed by atoms with Crippen molar-refractivity contribution in [3.63, 3.8) is 0 Å². The van der Waals surface area contributed by atoms with Crippen molar-refractivity contribution in [1.82, 2.24) is 0 Å². The quantitative estimate of drug-likeness (QED) is 0.413. The topological polar surface area (TPSA) is 157 Å². The van der Waals surface area contributed by atoms with Crippen LogP contribution in [0.15, 0.2) is 36.4 Å². The van der Waals surface area contributed by atoms with E-state index in [-0.39, 0.29) is 23.3 Å². The van der Waals surface area contributed by atoms with Gasteiger partial charge in [-0.15, -0.1) is 0 Å². The molecule has 2 aliphatic heterocycles. The Hall–Kier alpha value is -2.69. The summed E-state index contributed by atoms with van der Waals surface area (Å²) in [5.41, 5.74) is 0.361. The number of aliphatic hydroxyl groups excluding tert-OH is 4. The third kappa shape index (κ3) is 3.30. The van der Waals surface area contributed by atoms with E-state index in [2.05, 4.69) is 0 Å². The van der Waals surface area contributed by atoms with Crippen LogP contribution in [0.4, 0.5) is 0 Å². The summed E-state index contributed by atoms with van der Waals surface area (Å²) in [6, 6.07) is 9.81. The molecule has 6 N–H and O–H groups in total. The Balaban J connectivity index is 1.82. The molecule has 1 saturated heterocycles. The molecule has 9 heteroatoms. The monoisotopic (exact) mass is 418 g/mol. The van der Waals surface area contributed by atoms with Crippen LogP contribution >= 0.6 is 0 Å². The number of carbonyl (C=O) groups is 1. The van der Waals surface area contributed by atoms with Gasteiger partial charge >= 0.3 is 0 Å². The first-order chi connectivity index (χ1) is 14.3. The fourth-order valence-corrected chi connectivity index (χ4v) is 3.96. The average Bonchev–Trinajstić information content (AvgIpc) is 2.73. The first-order valence-corrected chi connectivity index (χ1v) is 9.47. The summed E-state index contributed by atoms with van der Waals surface area (Å²) in [6.45, 7) is -0.658. The van der Waals surface area contributed by atoms with Gasteiger partial charge in [0.05, 0.1) is 18.6 Å². The van der Waals surface area contributed by atoms with Crippen LogP contribution in [0.3, 0.4) is 0 Å². The van der Waals surface area contributed by atoms with Crippen molar-refractivity contribution in [2.45, 2.75) is 43.0 Å². The van der Waals surface area contributed by atoms with Crippen LogP contribution in [0.25, 0.3) is 0 Å². The molecule has 160 valence electrons. The van der Waals surface area contributed by atoms with Crippen LogP contribution in [0, 0.1) is 0 Å². The lowest BCUT2D eigenvalue weighted by molar-refractivity contribution is -0.232. The predicted molar refractivity (Wildman–Crippen MR) is 101 cm³/mol. The number of hydrogen-bond donors (Lipinski definition) is 6. The smallest absolute Gasteiger partial charge is 0.174 e. The van der Waals surface area contributed by atoms with Crippen molar-refractivity contribution in [1.29, 1.82) is 0 Å². The van der Waals surface area contributed by atoms with Gasteiger partial charge in [0, 0.05) is 6.07 Å². The van der Waals surface area contributed by atoms with Crippen LogP contribution < -0.4 is 4.74 Å². The van der Waals surface area contributed by atoms with Gasteiger partial charge in [0.15, 0.2) is 5.78 Å². The van der Waals surface area contributed by atoms with Crippen LogP contribution in [-0.2, 0) is 4.74 Å². The highest BCUT2D eigenvalue weighted by Crippen LogP contribution is 2.50. The van der Waals surface area contributed by atoms with Gasteiger partial charge in [-0.05, 0) is 5.56 Å². The highest BCUT2D eigenvalue weighted by atomic mass is 16.5. The third-order valence-electron chi connectivity index (χ3n) is 5.54. The molecule has 0 unspecified atom stereocenters. The molecule has 0 saturated carbocycles. The Morgan fingerprint density at radius 2 is 1.67 bits per heavy atom. The van der Waals surface area contributed by atoms with E-state index in [4.69, 9.17) is 9.47 Å². The number of phenolic OH excluding ortho intramolecular Hbond substituents is 2. The highest BCUT2D eigenvalue weighted by Gasteiger charge is 2.47. The number of benzene rings is 2. The molecule has 2 aromatic carbocycles. The minimum absolute atomic E-state index is 0.0521. The molecule has 1 fully saturated rings. The van der Waals surface area contributed by atoms with Gasteiger partial charge in [0.25, 0.3) is 0 Å². The van der Waals surface area contributed by atoms with E-state index in [0.717, 1.165) is 6.07 Å². The number of fused-ring (bicyclic) bond motifs is 1. The van der Waals surface area contributed by atoms with Crippen molar-refractivity contribution in [2.75, 3.05) is 6.61 Å². The molecule has 2 heterocycles. The second-order valence-electron chi connectivity index (χ2n) is 7.43. The number of hydrogen-bond acceptors (Lipinski definition) is 9. The largest absolute Gasteiger partial charge is 0.507 e. The molecule has 9 nitrogen and oxygen atoms in total. The first kappa shape index (κ1) is 20.6. The molecule has 2 aliphatic rings. The molecule has 2 aromatic rings. The predicted octanol–water partition coefficient (Wildman–Crippen LogP) is 0.319. The minimum atomic E-state index is -1.70. The van der Waals surface area contributed by atoms with Crippen molar-refractivity contribution in [2.24, 2.45) is 0 Å². The molecule has 0 bridgehead atoms. The van der Waals surface area contributed by atoms with Gasteiger partial charge in [-0.25, -0.2) is 0 Å². The number of aromatic hydroxyl groups is 2. The van der Waals surface area contributed by atoms with E-state index >= 15 is 0 Å². The summed E-state index contributed by atoms with van der Waals surface area (Å²) >= 11 is 0. The second kappa shape index (κ2) is 7.86. The molecule has 30 heavy (non-hydrogen) atoms. The number of carbonyl (C=O) groups excluding carboxylic acids is 1. The SMILES string of the molecule is O=C1C[C@H](c2ccccc2)Oc2c1c(O)cc(O)c2[C@@H]1O[C@H](CO)[C@@H](O)[C@H](O)[C@H]1O. The van der Waals surface area contributed by atoms with E-state index in [1.54, 1.807) is 30.3 Å². The van der Waals surface area contributed by atoms with Crippen molar-refractivity contribution in [3.8, 4) is 17.2 Å². The van der Waals surface area contributed by atoms with Crippen LogP contribution in [0.5, 0.6) is 17.2 Å². The molecular formula is C21H22O9. The van der Waals surface area contributed by atoms with Crippen LogP contribution in [0.2, 0.25) is 0 Å². The Morgan fingerprint density at radius 1 is 0.967 bits per heavy atom. The lowest BCUT2D eigenvalue weighted by Gasteiger charge is -2.41. The lowest BCUT2D eigenvalue weighted by Crippen LogP contribution is -2.55. The van der Waals surface area contributed by atoms with Crippen molar-refractivity contribution < 1.29 is 44.9 Å². The van der Waals surface area contributed by atoms with E-state index in [9.17, 15) is 35.4 Å². The Morgan fingerprint density at radius 3 is 2.33 bits per heavy atom. The van der Waals surface area contributed by atoms with Gasteiger partial charge in [0.2, 0.25) is 0 Å². The second-order valence-corrected chi connectivity index (χ2v) is 7.43. The fraction of sp³-hybridized carbons (Fsp3) is 0.381. The van der Waals surface area contributed by atoms with Gasteiger partial charge in [0.1, 0.15) is 59.4 Å². The zero-order valence-corrected chi connectivity index (χ0v) is 15.8. The number of aliphatic hydroxyl groups is 4. The number of ketones is 1. The summed E-state index contributed by atoms with van der Waals surface area (Å²) < 4.78 is 11.5.